The predicted molar refractivity (Wildman–Crippen MR) is 66.8 cm³/mol. The second-order valence-corrected chi connectivity index (χ2v) is 4.70. The van der Waals surface area contributed by atoms with E-state index < -0.39 is 0 Å². The van der Waals surface area contributed by atoms with Crippen molar-refractivity contribution in [3.05, 3.63) is 29.8 Å². The maximum atomic E-state index is 5.15. The van der Waals surface area contributed by atoms with Gasteiger partial charge in [0.25, 0.3) is 0 Å². The monoisotopic (exact) mass is 219 g/mol. The molecule has 1 aliphatic carbocycles. The highest BCUT2D eigenvalue weighted by Crippen LogP contribution is 2.26. The Morgan fingerprint density at radius 2 is 2.00 bits per heavy atom. The van der Waals surface area contributed by atoms with E-state index in [2.05, 4.69) is 24.4 Å². The van der Waals surface area contributed by atoms with Gasteiger partial charge in [0, 0.05) is 6.04 Å². The van der Waals surface area contributed by atoms with Crippen LogP contribution in [0.3, 0.4) is 0 Å². The minimum Gasteiger partial charge on any atom is -0.497 e. The summed E-state index contributed by atoms with van der Waals surface area (Å²) in [6, 6.07) is 8.76. The molecule has 2 nitrogen and oxygen atoms in total. The third-order valence-electron chi connectivity index (χ3n) is 3.55. The molecule has 0 spiro atoms. The minimum absolute atomic E-state index is 0.437. The lowest BCUT2D eigenvalue weighted by molar-refractivity contribution is 0.292. The van der Waals surface area contributed by atoms with Gasteiger partial charge in [-0.25, -0.2) is 0 Å². The molecule has 0 radical (unpaired) electrons. The zero-order valence-electron chi connectivity index (χ0n) is 10.2. The minimum atomic E-state index is 0.437. The van der Waals surface area contributed by atoms with Gasteiger partial charge >= 0.3 is 0 Å². The zero-order chi connectivity index (χ0) is 11.4. The Hall–Kier alpha value is -1.02. The lowest BCUT2D eigenvalue weighted by Gasteiger charge is -2.27. The number of ether oxygens (including phenoxy) is 1. The highest BCUT2D eigenvalue weighted by atomic mass is 16.5. The molecule has 1 atom stereocenters. The van der Waals surface area contributed by atoms with Gasteiger partial charge in [0.1, 0.15) is 5.75 Å². The second kappa shape index (κ2) is 5.35. The van der Waals surface area contributed by atoms with E-state index in [1.54, 1.807) is 7.11 Å². The van der Waals surface area contributed by atoms with Crippen molar-refractivity contribution in [1.82, 2.24) is 5.32 Å². The Morgan fingerprint density at radius 3 is 2.50 bits per heavy atom. The number of methoxy groups -OCH3 is 1. The first-order valence-corrected chi connectivity index (χ1v) is 6.17. The summed E-state index contributed by atoms with van der Waals surface area (Å²) >= 11 is 0. The molecule has 1 aliphatic rings. The van der Waals surface area contributed by atoms with Crippen LogP contribution in [0.25, 0.3) is 0 Å². The molecule has 2 rings (SSSR count). The highest BCUT2D eigenvalue weighted by molar-refractivity contribution is 5.28. The van der Waals surface area contributed by atoms with Gasteiger partial charge in [0.15, 0.2) is 0 Å². The lowest BCUT2D eigenvalue weighted by atomic mass is 9.85. The van der Waals surface area contributed by atoms with Gasteiger partial charge in [-0.3, -0.25) is 0 Å². The van der Waals surface area contributed by atoms with E-state index in [9.17, 15) is 0 Å². The molecule has 0 saturated heterocycles. The number of rotatable bonds is 5. The molecule has 0 aromatic heterocycles. The molecule has 1 saturated carbocycles. The molecular formula is C14H21NO. The van der Waals surface area contributed by atoms with E-state index in [-0.39, 0.29) is 0 Å². The smallest absolute Gasteiger partial charge is 0.118 e. The third-order valence-corrected chi connectivity index (χ3v) is 3.55. The topological polar surface area (TPSA) is 21.3 Å². The first-order chi connectivity index (χ1) is 7.79. The van der Waals surface area contributed by atoms with Gasteiger partial charge in [-0.2, -0.15) is 0 Å². The quantitative estimate of drug-likeness (QED) is 0.821. The van der Waals surface area contributed by atoms with Crippen LogP contribution in [0.5, 0.6) is 5.75 Å². The summed E-state index contributed by atoms with van der Waals surface area (Å²) < 4.78 is 5.15. The van der Waals surface area contributed by atoms with E-state index >= 15 is 0 Å². The average molecular weight is 219 g/mol. The number of hydrogen-bond acceptors (Lipinski definition) is 2. The van der Waals surface area contributed by atoms with E-state index in [4.69, 9.17) is 4.74 Å². The standard InChI is InChI=1S/C14H21NO/c1-11(15-10-12-4-3-5-12)13-6-8-14(16-2)9-7-13/h6-9,11-12,15H,3-5,10H2,1-2H3/t11-/m1/s1. The summed E-state index contributed by atoms with van der Waals surface area (Å²) in [5.41, 5.74) is 1.33. The number of nitrogens with one attached hydrogen (secondary N) is 1. The molecule has 0 heterocycles. The molecule has 0 aliphatic heterocycles. The van der Waals surface area contributed by atoms with Gasteiger partial charge in [-0.05, 0) is 49.9 Å². The predicted octanol–water partition coefficient (Wildman–Crippen LogP) is 3.15. The fraction of sp³-hybridized carbons (Fsp3) is 0.571. The Balaban J connectivity index is 1.84. The Morgan fingerprint density at radius 1 is 1.31 bits per heavy atom. The molecular weight excluding hydrogens is 198 g/mol. The van der Waals surface area contributed by atoms with E-state index in [1.807, 2.05) is 12.1 Å². The summed E-state index contributed by atoms with van der Waals surface area (Å²) in [4.78, 5) is 0. The van der Waals surface area contributed by atoms with Crippen molar-refractivity contribution < 1.29 is 4.74 Å². The van der Waals surface area contributed by atoms with Gasteiger partial charge in [0.2, 0.25) is 0 Å². The molecule has 1 aromatic carbocycles. The van der Waals surface area contributed by atoms with E-state index in [1.165, 1.54) is 24.8 Å². The van der Waals surface area contributed by atoms with Gasteiger partial charge in [-0.15, -0.1) is 0 Å². The molecule has 0 amide bonds. The average Bonchev–Trinajstić information content (AvgIpc) is 2.27. The van der Waals surface area contributed by atoms with Crippen LogP contribution in [0.1, 0.15) is 37.8 Å². The fourth-order valence-electron chi connectivity index (χ4n) is 2.05. The largest absolute Gasteiger partial charge is 0.497 e. The molecule has 2 heteroatoms. The molecule has 88 valence electrons. The van der Waals surface area contributed by atoms with Crippen LogP contribution in [-0.2, 0) is 0 Å². The van der Waals surface area contributed by atoms with E-state index in [0.717, 1.165) is 18.2 Å². The summed E-state index contributed by atoms with van der Waals surface area (Å²) in [5, 5.41) is 3.60. The second-order valence-electron chi connectivity index (χ2n) is 4.70. The number of benzene rings is 1. The first kappa shape index (κ1) is 11.5. The van der Waals surface area contributed by atoms with Crippen LogP contribution < -0.4 is 10.1 Å². The summed E-state index contributed by atoms with van der Waals surface area (Å²) in [7, 11) is 1.70. The van der Waals surface area contributed by atoms with Crippen LogP contribution in [0.2, 0.25) is 0 Å². The molecule has 1 fully saturated rings. The normalized spacial score (nSPS) is 17.9. The molecule has 1 aromatic rings. The Labute approximate surface area is 98.0 Å². The van der Waals surface area contributed by atoms with Crippen molar-refractivity contribution in [3.8, 4) is 5.75 Å². The fourth-order valence-corrected chi connectivity index (χ4v) is 2.05. The third kappa shape index (κ3) is 2.76. The van der Waals surface area contributed by atoms with Crippen LogP contribution in [-0.4, -0.2) is 13.7 Å². The van der Waals surface area contributed by atoms with Gasteiger partial charge in [0.05, 0.1) is 7.11 Å². The number of hydrogen-bond donors (Lipinski definition) is 1. The van der Waals surface area contributed by atoms with Crippen LogP contribution in [0.4, 0.5) is 0 Å². The first-order valence-electron chi connectivity index (χ1n) is 6.17. The van der Waals surface area contributed by atoms with Crippen molar-refractivity contribution in [2.24, 2.45) is 5.92 Å². The molecule has 0 bridgehead atoms. The van der Waals surface area contributed by atoms with Gasteiger partial charge in [-0.1, -0.05) is 18.6 Å². The molecule has 1 N–H and O–H groups in total. The SMILES string of the molecule is COc1ccc([C@@H](C)NCC2CCC2)cc1. The van der Waals surface area contributed by atoms with Gasteiger partial charge < -0.3 is 10.1 Å². The van der Waals surface area contributed by atoms with Crippen LogP contribution in [0.15, 0.2) is 24.3 Å². The molecule has 16 heavy (non-hydrogen) atoms. The summed E-state index contributed by atoms with van der Waals surface area (Å²) in [5.74, 6) is 1.84. The van der Waals surface area contributed by atoms with E-state index in [0.29, 0.717) is 6.04 Å². The summed E-state index contributed by atoms with van der Waals surface area (Å²) in [6.07, 6.45) is 4.23. The van der Waals surface area contributed by atoms with Crippen molar-refractivity contribution >= 4 is 0 Å². The Kier molecular flexibility index (Phi) is 3.83. The maximum Gasteiger partial charge on any atom is 0.118 e. The summed E-state index contributed by atoms with van der Waals surface area (Å²) in [6.45, 7) is 3.38. The van der Waals surface area contributed by atoms with Crippen molar-refractivity contribution in [3.63, 3.8) is 0 Å². The maximum absolute atomic E-state index is 5.15. The van der Waals surface area contributed by atoms with Crippen molar-refractivity contribution in [1.29, 1.82) is 0 Å². The van der Waals surface area contributed by atoms with Crippen molar-refractivity contribution in [2.45, 2.75) is 32.2 Å². The van der Waals surface area contributed by atoms with Crippen LogP contribution in [0, 0.1) is 5.92 Å². The van der Waals surface area contributed by atoms with Crippen LogP contribution >= 0.6 is 0 Å². The highest BCUT2D eigenvalue weighted by Gasteiger charge is 2.17. The Bertz CT molecular complexity index is 316. The molecule has 0 unspecified atom stereocenters. The van der Waals surface area contributed by atoms with Crippen molar-refractivity contribution in [2.75, 3.05) is 13.7 Å². The zero-order valence-corrected chi connectivity index (χ0v) is 10.2. The lowest BCUT2D eigenvalue weighted by Crippen LogP contribution is -2.29.